The van der Waals surface area contributed by atoms with Gasteiger partial charge in [0.15, 0.2) is 6.29 Å². The molecule has 14 heavy (non-hydrogen) atoms. The molecular formula is C11H20O3. The Bertz CT molecular complexity index is 166. The highest BCUT2D eigenvalue weighted by atomic mass is 16.7. The molecule has 1 aliphatic carbocycles. The van der Waals surface area contributed by atoms with Gasteiger partial charge in [0, 0.05) is 13.2 Å². The maximum absolute atomic E-state index is 8.86. The fourth-order valence-corrected chi connectivity index (χ4v) is 2.08. The molecule has 0 bridgehead atoms. The molecule has 3 atom stereocenters. The van der Waals surface area contributed by atoms with Crippen LogP contribution in [-0.4, -0.2) is 31.2 Å². The molecule has 0 amide bonds. The van der Waals surface area contributed by atoms with E-state index in [2.05, 4.69) is 0 Å². The summed E-state index contributed by atoms with van der Waals surface area (Å²) in [4.78, 5) is 0. The lowest BCUT2D eigenvalue weighted by molar-refractivity contribution is -0.163. The second-order valence-corrected chi connectivity index (χ2v) is 4.39. The predicted molar refractivity (Wildman–Crippen MR) is 52.8 cm³/mol. The molecule has 0 radical (unpaired) electrons. The van der Waals surface area contributed by atoms with Gasteiger partial charge in [-0.3, -0.25) is 0 Å². The van der Waals surface area contributed by atoms with Crippen LogP contribution >= 0.6 is 0 Å². The lowest BCUT2D eigenvalue weighted by atomic mass is 10.2. The molecule has 1 aliphatic heterocycles. The quantitative estimate of drug-likeness (QED) is 0.731. The van der Waals surface area contributed by atoms with Crippen molar-refractivity contribution in [3.8, 4) is 0 Å². The van der Waals surface area contributed by atoms with Crippen molar-refractivity contribution in [3.63, 3.8) is 0 Å². The number of aliphatic hydroxyl groups excluding tert-OH is 1. The van der Waals surface area contributed by atoms with E-state index in [1.807, 2.05) is 0 Å². The van der Waals surface area contributed by atoms with Crippen molar-refractivity contribution in [3.05, 3.63) is 0 Å². The minimum absolute atomic E-state index is 0.0510. The molecule has 2 unspecified atom stereocenters. The highest BCUT2D eigenvalue weighted by molar-refractivity contribution is 4.85. The molecule has 0 spiro atoms. The van der Waals surface area contributed by atoms with Gasteiger partial charge in [0.05, 0.1) is 6.61 Å². The number of aliphatic hydroxyl groups is 1. The number of rotatable bonds is 5. The second kappa shape index (κ2) is 5.10. The van der Waals surface area contributed by atoms with Gasteiger partial charge in [-0.15, -0.1) is 0 Å². The highest BCUT2D eigenvalue weighted by Gasteiger charge is 2.35. The molecule has 1 saturated carbocycles. The summed E-state index contributed by atoms with van der Waals surface area (Å²) in [5, 5.41) is 8.86. The third kappa shape index (κ3) is 2.94. The van der Waals surface area contributed by atoms with Crippen LogP contribution in [0.3, 0.4) is 0 Å². The van der Waals surface area contributed by atoms with E-state index in [-0.39, 0.29) is 6.29 Å². The zero-order valence-electron chi connectivity index (χ0n) is 8.65. The van der Waals surface area contributed by atoms with Gasteiger partial charge in [0.1, 0.15) is 0 Å². The molecule has 2 aliphatic rings. The van der Waals surface area contributed by atoms with E-state index < -0.39 is 0 Å². The van der Waals surface area contributed by atoms with E-state index in [0.717, 1.165) is 26.1 Å². The molecule has 0 aromatic rings. The largest absolute Gasteiger partial charge is 0.396 e. The SMILES string of the molecule is OCC1C[C@@H]1CCOC1CCCCO1. The van der Waals surface area contributed by atoms with E-state index in [1.54, 1.807) is 0 Å². The highest BCUT2D eigenvalue weighted by Crippen LogP contribution is 2.40. The van der Waals surface area contributed by atoms with Crippen molar-refractivity contribution in [1.82, 2.24) is 0 Å². The number of hydrogen-bond acceptors (Lipinski definition) is 3. The first-order valence-corrected chi connectivity index (χ1v) is 5.74. The summed E-state index contributed by atoms with van der Waals surface area (Å²) in [6, 6.07) is 0. The van der Waals surface area contributed by atoms with Crippen LogP contribution in [0.1, 0.15) is 32.1 Å². The van der Waals surface area contributed by atoms with Crippen molar-refractivity contribution in [2.45, 2.75) is 38.4 Å². The molecule has 82 valence electrons. The minimum Gasteiger partial charge on any atom is -0.396 e. The van der Waals surface area contributed by atoms with Crippen LogP contribution in [0.25, 0.3) is 0 Å². The lowest BCUT2D eigenvalue weighted by Gasteiger charge is -2.22. The molecule has 3 nitrogen and oxygen atoms in total. The predicted octanol–water partition coefficient (Wildman–Crippen LogP) is 1.55. The Balaban J connectivity index is 1.50. The van der Waals surface area contributed by atoms with Crippen molar-refractivity contribution in [2.24, 2.45) is 11.8 Å². The Kier molecular flexibility index (Phi) is 3.79. The molecule has 3 heteroatoms. The molecule has 1 N–H and O–H groups in total. The Morgan fingerprint density at radius 3 is 2.86 bits per heavy atom. The second-order valence-electron chi connectivity index (χ2n) is 4.39. The Morgan fingerprint density at radius 1 is 1.29 bits per heavy atom. The van der Waals surface area contributed by atoms with Crippen LogP contribution in [0.2, 0.25) is 0 Å². The molecule has 1 saturated heterocycles. The third-order valence-corrected chi connectivity index (χ3v) is 3.23. The van der Waals surface area contributed by atoms with Crippen molar-refractivity contribution >= 4 is 0 Å². The average Bonchev–Trinajstić information content (AvgIpc) is 2.98. The first-order chi connectivity index (χ1) is 6.90. The monoisotopic (exact) mass is 200 g/mol. The third-order valence-electron chi connectivity index (χ3n) is 3.23. The summed E-state index contributed by atoms with van der Waals surface area (Å²) in [6.45, 7) is 2.00. The topological polar surface area (TPSA) is 38.7 Å². The first kappa shape index (κ1) is 10.4. The summed E-state index contributed by atoms with van der Waals surface area (Å²) in [5.74, 6) is 1.27. The maximum atomic E-state index is 8.86. The first-order valence-electron chi connectivity index (χ1n) is 5.74. The molecule has 2 rings (SSSR count). The van der Waals surface area contributed by atoms with Crippen molar-refractivity contribution in [2.75, 3.05) is 19.8 Å². The fraction of sp³-hybridized carbons (Fsp3) is 1.00. The Morgan fingerprint density at radius 2 is 2.21 bits per heavy atom. The van der Waals surface area contributed by atoms with Gasteiger partial charge in [-0.2, -0.15) is 0 Å². The molecule has 0 aromatic heterocycles. The van der Waals surface area contributed by atoms with E-state index in [1.165, 1.54) is 19.3 Å². The van der Waals surface area contributed by atoms with Crippen LogP contribution in [0.15, 0.2) is 0 Å². The van der Waals surface area contributed by atoms with Crippen LogP contribution in [0, 0.1) is 11.8 Å². The van der Waals surface area contributed by atoms with E-state index in [4.69, 9.17) is 14.6 Å². The van der Waals surface area contributed by atoms with Crippen LogP contribution < -0.4 is 0 Å². The molecule has 0 aromatic carbocycles. The molecular weight excluding hydrogens is 180 g/mol. The van der Waals surface area contributed by atoms with Gasteiger partial charge in [0.2, 0.25) is 0 Å². The fourth-order valence-electron chi connectivity index (χ4n) is 2.08. The summed E-state index contributed by atoms with van der Waals surface area (Å²) >= 11 is 0. The van der Waals surface area contributed by atoms with Gasteiger partial charge in [0.25, 0.3) is 0 Å². The summed E-state index contributed by atoms with van der Waals surface area (Å²) < 4.78 is 11.1. The summed E-state index contributed by atoms with van der Waals surface area (Å²) in [5.41, 5.74) is 0. The lowest BCUT2D eigenvalue weighted by Crippen LogP contribution is -2.22. The van der Waals surface area contributed by atoms with Crippen molar-refractivity contribution in [1.29, 1.82) is 0 Å². The van der Waals surface area contributed by atoms with E-state index in [0.29, 0.717) is 18.4 Å². The zero-order valence-corrected chi connectivity index (χ0v) is 8.65. The summed E-state index contributed by atoms with van der Waals surface area (Å²) in [7, 11) is 0. The average molecular weight is 200 g/mol. The zero-order chi connectivity index (χ0) is 9.80. The smallest absolute Gasteiger partial charge is 0.157 e. The van der Waals surface area contributed by atoms with Gasteiger partial charge in [-0.25, -0.2) is 0 Å². The number of hydrogen-bond donors (Lipinski definition) is 1. The van der Waals surface area contributed by atoms with Crippen LogP contribution in [0.5, 0.6) is 0 Å². The Hall–Kier alpha value is -0.120. The van der Waals surface area contributed by atoms with Crippen molar-refractivity contribution < 1.29 is 14.6 Å². The van der Waals surface area contributed by atoms with Gasteiger partial charge >= 0.3 is 0 Å². The van der Waals surface area contributed by atoms with Gasteiger partial charge in [-0.05, 0) is 43.9 Å². The van der Waals surface area contributed by atoms with Crippen LogP contribution in [0.4, 0.5) is 0 Å². The number of ether oxygens (including phenoxy) is 2. The normalized spacial score (nSPS) is 37.1. The maximum Gasteiger partial charge on any atom is 0.157 e. The molecule has 2 fully saturated rings. The van der Waals surface area contributed by atoms with E-state index >= 15 is 0 Å². The Labute approximate surface area is 85.4 Å². The molecule has 1 heterocycles. The summed E-state index contributed by atoms with van der Waals surface area (Å²) in [6.07, 6.45) is 5.78. The standard InChI is InChI=1S/C11H20O3/c12-8-10-7-9(10)4-6-14-11-3-1-2-5-13-11/h9-12H,1-8H2/t9-,10?,11?/m0/s1. The van der Waals surface area contributed by atoms with Gasteiger partial charge < -0.3 is 14.6 Å². The van der Waals surface area contributed by atoms with E-state index in [9.17, 15) is 0 Å². The van der Waals surface area contributed by atoms with Gasteiger partial charge in [-0.1, -0.05) is 0 Å². The minimum atomic E-state index is 0.0510. The van der Waals surface area contributed by atoms with Crippen LogP contribution in [-0.2, 0) is 9.47 Å².